The van der Waals surface area contributed by atoms with Crippen LogP contribution >= 0.6 is 0 Å². The van der Waals surface area contributed by atoms with Gasteiger partial charge in [-0.15, -0.1) is 0 Å². The summed E-state index contributed by atoms with van der Waals surface area (Å²) in [5.41, 5.74) is 5.94. The van der Waals surface area contributed by atoms with Gasteiger partial charge >= 0.3 is 0 Å². The van der Waals surface area contributed by atoms with Gasteiger partial charge in [0.05, 0.1) is 6.54 Å². The fraction of sp³-hybridized carbons (Fsp3) is 0.364. The van der Waals surface area contributed by atoms with Crippen LogP contribution in [0.25, 0.3) is 0 Å². The van der Waals surface area contributed by atoms with E-state index >= 15 is 0 Å². The molecule has 1 rings (SSSR count). The number of benzene rings is 1. The largest absolute Gasteiger partial charge is 0.388 e. The molecule has 0 unspecified atom stereocenters. The molecule has 1 aromatic carbocycles. The van der Waals surface area contributed by atoms with Gasteiger partial charge in [0.15, 0.2) is 0 Å². The van der Waals surface area contributed by atoms with Gasteiger partial charge in [0.1, 0.15) is 5.82 Å². The van der Waals surface area contributed by atoms with E-state index in [1.807, 2.05) is 0 Å². The number of nitrogens with two attached hydrogens (primary N) is 1. The van der Waals surface area contributed by atoms with Crippen LogP contribution < -0.4 is 11.1 Å². The van der Waals surface area contributed by atoms with Crippen LogP contribution in [0.15, 0.2) is 24.3 Å². The minimum Gasteiger partial charge on any atom is -0.388 e. The summed E-state index contributed by atoms with van der Waals surface area (Å²) in [6, 6.07) is 5.94. The second-order valence-corrected chi connectivity index (χ2v) is 3.02. The first kappa shape index (κ1) is 14.5. The van der Waals surface area contributed by atoms with E-state index < -0.39 is 0 Å². The molecule has 3 N–H and O–H groups in total. The molecule has 5 heteroatoms. The van der Waals surface area contributed by atoms with Crippen LogP contribution in [0, 0.1) is 5.82 Å². The maximum atomic E-state index is 12.4. The Morgan fingerprint density at radius 1 is 1.38 bits per heavy atom. The van der Waals surface area contributed by atoms with E-state index in [1.54, 1.807) is 26.4 Å². The van der Waals surface area contributed by atoms with Gasteiger partial charge in [0, 0.05) is 20.8 Å². The van der Waals surface area contributed by atoms with Crippen LogP contribution in [0.3, 0.4) is 0 Å². The van der Waals surface area contributed by atoms with Crippen molar-refractivity contribution in [1.82, 2.24) is 5.32 Å². The molecular formula is C11H17FN2O2. The zero-order valence-electron chi connectivity index (χ0n) is 9.50. The Bertz CT molecular complexity index is 301. The summed E-state index contributed by atoms with van der Waals surface area (Å²) in [5.74, 6) is -0.502. The first-order chi connectivity index (χ1) is 7.63. The monoisotopic (exact) mass is 228 g/mol. The number of amides is 1. The van der Waals surface area contributed by atoms with Crippen LogP contribution in [0.5, 0.6) is 0 Å². The van der Waals surface area contributed by atoms with Gasteiger partial charge in [-0.3, -0.25) is 4.79 Å². The molecule has 4 nitrogen and oxygen atoms in total. The first-order valence-corrected chi connectivity index (χ1v) is 4.75. The molecule has 0 saturated carbocycles. The summed E-state index contributed by atoms with van der Waals surface area (Å²) >= 11 is 0. The van der Waals surface area contributed by atoms with Crippen molar-refractivity contribution in [3.8, 4) is 0 Å². The number of carbonyl (C=O) groups is 1. The number of rotatable bonds is 3. The molecule has 0 saturated heterocycles. The lowest BCUT2D eigenvalue weighted by Crippen LogP contribution is -2.29. The summed E-state index contributed by atoms with van der Waals surface area (Å²) in [5, 5.41) is 2.58. The van der Waals surface area contributed by atoms with E-state index in [0.717, 1.165) is 5.56 Å². The highest BCUT2D eigenvalue weighted by molar-refractivity contribution is 5.77. The zero-order chi connectivity index (χ0) is 12.4. The highest BCUT2D eigenvalue weighted by Crippen LogP contribution is 2.01. The quantitative estimate of drug-likeness (QED) is 0.799. The SMILES string of the molecule is COC.NCC(=O)NCc1ccc(F)cc1. The average Bonchev–Trinajstić information content (AvgIpc) is 2.29. The van der Waals surface area contributed by atoms with Crippen molar-refractivity contribution in [2.24, 2.45) is 5.73 Å². The molecule has 90 valence electrons. The Hall–Kier alpha value is -1.46. The number of halogens is 1. The molecule has 0 fully saturated rings. The first-order valence-electron chi connectivity index (χ1n) is 4.75. The van der Waals surface area contributed by atoms with Gasteiger partial charge in [-0.2, -0.15) is 0 Å². The summed E-state index contributed by atoms with van der Waals surface area (Å²) < 4.78 is 16.7. The molecule has 16 heavy (non-hydrogen) atoms. The summed E-state index contributed by atoms with van der Waals surface area (Å²) in [4.78, 5) is 10.7. The van der Waals surface area contributed by atoms with Crippen LogP contribution in [0.4, 0.5) is 4.39 Å². The van der Waals surface area contributed by atoms with Gasteiger partial charge in [0.25, 0.3) is 0 Å². The number of nitrogens with one attached hydrogen (secondary N) is 1. The number of hydrogen-bond acceptors (Lipinski definition) is 3. The number of carbonyl (C=O) groups excluding carboxylic acids is 1. The van der Waals surface area contributed by atoms with E-state index in [0.29, 0.717) is 6.54 Å². The van der Waals surface area contributed by atoms with Crippen molar-refractivity contribution >= 4 is 5.91 Å². The predicted octanol–water partition coefficient (Wildman–Crippen LogP) is 0.663. The standard InChI is InChI=1S/C9H11FN2O.C2H6O/c10-8-3-1-7(2-4-8)6-12-9(13)5-11;1-3-2/h1-4H,5-6,11H2,(H,12,13);1-2H3. The zero-order valence-corrected chi connectivity index (χ0v) is 9.50. The highest BCUT2D eigenvalue weighted by atomic mass is 19.1. The fourth-order valence-corrected chi connectivity index (χ4v) is 0.875. The van der Waals surface area contributed by atoms with Gasteiger partial charge in [-0.1, -0.05) is 12.1 Å². The van der Waals surface area contributed by atoms with Crippen molar-refractivity contribution in [3.05, 3.63) is 35.6 Å². The molecule has 0 heterocycles. The van der Waals surface area contributed by atoms with Crippen LogP contribution in [0.1, 0.15) is 5.56 Å². The number of ether oxygens (including phenoxy) is 1. The Morgan fingerprint density at radius 3 is 2.31 bits per heavy atom. The molecule has 0 aliphatic rings. The molecular weight excluding hydrogens is 211 g/mol. The lowest BCUT2D eigenvalue weighted by molar-refractivity contribution is -0.119. The molecule has 1 amide bonds. The lowest BCUT2D eigenvalue weighted by Gasteiger charge is -2.02. The molecule has 0 aliphatic heterocycles. The van der Waals surface area contributed by atoms with Crippen LogP contribution in [-0.4, -0.2) is 26.7 Å². The second-order valence-electron chi connectivity index (χ2n) is 3.02. The van der Waals surface area contributed by atoms with E-state index in [1.165, 1.54) is 12.1 Å². The van der Waals surface area contributed by atoms with Crippen molar-refractivity contribution in [2.75, 3.05) is 20.8 Å². The maximum absolute atomic E-state index is 12.4. The Balaban J connectivity index is 0.000000673. The Kier molecular flexibility index (Phi) is 8.01. The van der Waals surface area contributed by atoms with E-state index in [9.17, 15) is 9.18 Å². The van der Waals surface area contributed by atoms with Crippen molar-refractivity contribution in [1.29, 1.82) is 0 Å². The van der Waals surface area contributed by atoms with Gasteiger partial charge in [-0.05, 0) is 17.7 Å². The maximum Gasteiger partial charge on any atom is 0.234 e. The van der Waals surface area contributed by atoms with E-state index in [2.05, 4.69) is 10.1 Å². The number of hydrogen-bond donors (Lipinski definition) is 2. The van der Waals surface area contributed by atoms with E-state index in [4.69, 9.17) is 5.73 Å². The molecule has 0 bridgehead atoms. The minimum absolute atomic E-state index is 0.0266. The van der Waals surface area contributed by atoms with Gasteiger partial charge in [0.2, 0.25) is 5.91 Å². The van der Waals surface area contributed by atoms with Crippen molar-refractivity contribution in [3.63, 3.8) is 0 Å². The molecule has 0 spiro atoms. The molecule has 1 aromatic rings. The normalized spacial score (nSPS) is 9.00. The molecule has 0 aliphatic carbocycles. The molecule has 0 aromatic heterocycles. The third-order valence-corrected chi connectivity index (χ3v) is 1.59. The average molecular weight is 228 g/mol. The minimum atomic E-state index is -0.283. The third kappa shape index (κ3) is 6.92. The van der Waals surface area contributed by atoms with Gasteiger partial charge < -0.3 is 15.8 Å². The highest BCUT2D eigenvalue weighted by Gasteiger charge is 1.97. The van der Waals surface area contributed by atoms with Crippen LogP contribution in [-0.2, 0) is 16.1 Å². The molecule has 0 radical (unpaired) electrons. The summed E-state index contributed by atoms with van der Waals surface area (Å²) in [6.45, 7) is 0.359. The van der Waals surface area contributed by atoms with Crippen molar-refractivity contribution in [2.45, 2.75) is 6.54 Å². The van der Waals surface area contributed by atoms with Crippen molar-refractivity contribution < 1.29 is 13.9 Å². The topological polar surface area (TPSA) is 64.3 Å². The number of methoxy groups -OCH3 is 1. The van der Waals surface area contributed by atoms with Gasteiger partial charge in [-0.25, -0.2) is 4.39 Å². The smallest absolute Gasteiger partial charge is 0.234 e. The Labute approximate surface area is 94.6 Å². The third-order valence-electron chi connectivity index (χ3n) is 1.59. The molecule has 0 atom stereocenters. The Morgan fingerprint density at radius 2 is 1.88 bits per heavy atom. The lowest BCUT2D eigenvalue weighted by atomic mass is 10.2. The second kappa shape index (κ2) is 8.82. The van der Waals surface area contributed by atoms with Crippen LogP contribution in [0.2, 0.25) is 0 Å². The fourth-order valence-electron chi connectivity index (χ4n) is 0.875. The summed E-state index contributed by atoms with van der Waals surface area (Å²) in [6.07, 6.45) is 0. The summed E-state index contributed by atoms with van der Waals surface area (Å²) in [7, 11) is 3.25. The predicted molar refractivity (Wildman–Crippen MR) is 60.2 cm³/mol. The van der Waals surface area contributed by atoms with E-state index in [-0.39, 0.29) is 18.3 Å².